The zero-order valence-corrected chi connectivity index (χ0v) is 18.5. The van der Waals surface area contributed by atoms with Crippen LogP contribution in [0, 0.1) is 0 Å². The summed E-state index contributed by atoms with van der Waals surface area (Å²) in [7, 11) is 0. The van der Waals surface area contributed by atoms with Crippen molar-refractivity contribution in [1.29, 1.82) is 0 Å². The minimum atomic E-state index is -4.39. The molecule has 1 fully saturated rings. The van der Waals surface area contributed by atoms with Crippen LogP contribution in [0.15, 0.2) is 85.1 Å². The fourth-order valence-electron chi connectivity index (χ4n) is 4.54. The van der Waals surface area contributed by atoms with Crippen molar-refractivity contribution in [2.75, 3.05) is 26.2 Å². The standard InChI is InChI=1S/C27H24F3N3O/c28-27(29,30)22-9-6-10-23(17-22)33-19-21(24-11-4-5-12-25(24)33)18-31-13-15-32(16-14-31)26(34)20-7-2-1-3-8-20/h1-12,17,19H,13-16,18H2. The summed E-state index contributed by atoms with van der Waals surface area (Å²) >= 11 is 0. The molecule has 0 saturated carbocycles. The Kier molecular flexibility index (Phi) is 5.87. The number of para-hydroxylation sites is 1. The lowest BCUT2D eigenvalue weighted by Crippen LogP contribution is -2.48. The number of fused-ring (bicyclic) bond motifs is 1. The van der Waals surface area contributed by atoms with E-state index in [1.54, 1.807) is 6.07 Å². The average molecular weight is 464 g/mol. The molecule has 7 heteroatoms. The first-order valence-electron chi connectivity index (χ1n) is 11.2. The van der Waals surface area contributed by atoms with Gasteiger partial charge in [0.1, 0.15) is 0 Å². The lowest BCUT2D eigenvalue weighted by atomic mass is 10.1. The Labute approximate surface area is 195 Å². The van der Waals surface area contributed by atoms with Gasteiger partial charge >= 0.3 is 6.18 Å². The first kappa shape index (κ1) is 22.2. The Balaban J connectivity index is 1.35. The Morgan fingerprint density at radius 2 is 1.53 bits per heavy atom. The van der Waals surface area contributed by atoms with E-state index in [1.807, 2.05) is 70.3 Å². The van der Waals surface area contributed by atoms with Crippen molar-refractivity contribution >= 4 is 16.8 Å². The molecule has 34 heavy (non-hydrogen) atoms. The number of piperazine rings is 1. The molecule has 1 aliphatic heterocycles. The van der Waals surface area contributed by atoms with Gasteiger partial charge in [0.2, 0.25) is 0 Å². The van der Waals surface area contributed by atoms with Crippen LogP contribution < -0.4 is 0 Å². The summed E-state index contributed by atoms with van der Waals surface area (Å²) < 4.78 is 41.6. The molecule has 0 radical (unpaired) electrons. The molecule has 0 spiro atoms. The van der Waals surface area contributed by atoms with E-state index in [0.29, 0.717) is 30.9 Å². The number of hydrogen-bond acceptors (Lipinski definition) is 2. The average Bonchev–Trinajstić information content (AvgIpc) is 3.23. The van der Waals surface area contributed by atoms with Crippen LogP contribution in [0.25, 0.3) is 16.6 Å². The van der Waals surface area contributed by atoms with Crippen LogP contribution in [0.3, 0.4) is 0 Å². The molecular formula is C27H24F3N3O. The van der Waals surface area contributed by atoms with Gasteiger partial charge in [-0.25, -0.2) is 0 Å². The number of hydrogen-bond donors (Lipinski definition) is 0. The van der Waals surface area contributed by atoms with Gasteiger partial charge in [0, 0.05) is 55.6 Å². The van der Waals surface area contributed by atoms with Crippen LogP contribution in [0.5, 0.6) is 0 Å². The third-order valence-electron chi connectivity index (χ3n) is 6.32. The van der Waals surface area contributed by atoms with Crippen LogP contribution in [0.2, 0.25) is 0 Å². The third kappa shape index (κ3) is 4.43. The topological polar surface area (TPSA) is 28.5 Å². The normalized spacial score (nSPS) is 15.1. The number of carbonyl (C=O) groups excluding carboxylic acids is 1. The lowest BCUT2D eigenvalue weighted by molar-refractivity contribution is -0.137. The minimum absolute atomic E-state index is 0.0430. The van der Waals surface area contributed by atoms with Crippen LogP contribution in [-0.4, -0.2) is 46.5 Å². The maximum absolute atomic E-state index is 13.3. The Morgan fingerprint density at radius 3 is 2.26 bits per heavy atom. The zero-order chi connectivity index (χ0) is 23.7. The van der Waals surface area contributed by atoms with E-state index < -0.39 is 11.7 Å². The second-order valence-corrected chi connectivity index (χ2v) is 8.52. The highest BCUT2D eigenvalue weighted by Crippen LogP contribution is 2.32. The number of carbonyl (C=O) groups is 1. The van der Waals surface area contributed by atoms with E-state index in [4.69, 9.17) is 0 Å². The molecule has 3 aromatic carbocycles. The number of nitrogens with zero attached hydrogens (tertiary/aromatic N) is 3. The molecule has 0 bridgehead atoms. The Bertz CT molecular complexity index is 1310. The third-order valence-corrected chi connectivity index (χ3v) is 6.32. The van der Waals surface area contributed by atoms with Crippen LogP contribution in [0.1, 0.15) is 21.5 Å². The van der Waals surface area contributed by atoms with Crippen molar-refractivity contribution in [2.24, 2.45) is 0 Å². The molecule has 1 amide bonds. The zero-order valence-electron chi connectivity index (χ0n) is 18.5. The fraction of sp³-hybridized carbons (Fsp3) is 0.222. The van der Waals surface area contributed by atoms with Gasteiger partial charge in [0.25, 0.3) is 5.91 Å². The number of alkyl halides is 3. The highest BCUT2D eigenvalue weighted by Gasteiger charge is 2.30. The molecule has 1 aromatic heterocycles. The quantitative estimate of drug-likeness (QED) is 0.394. The second-order valence-electron chi connectivity index (χ2n) is 8.52. The van der Waals surface area contributed by atoms with Crippen LogP contribution >= 0.6 is 0 Å². The molecule has 174 valence electrons. The van der Waals surface area contributed by atoms with Crippen LogP contribution in [0.4, 0.5) is 13.2 Å². The molecule has 4 nitrogen and oxygen atoms in total. The molecule has 0 aliphatic carbocycles. The predicted molar refractivity (Wildman–Crippen MR) is 126 cm³/mol. The number of halogens is 3. The molecule has 0 N–H and O–H groups in total. The van der Waals surface area contributed by atoms with Gasteiger partial charge in [-0.3, -0.25) is 9.69 Å². The molecule has 1 aliphatic rings. The smallest absolute Gasteiger partial charge is 0.336 e. The maximum Gasteiger partial charge on any atom is 0.416 e. The summed E-state index contributed by atoms with van der Waals surface area (Å²) in [5.74, 6) is 0.0430. The maximum atomic E-state index is 13.3. The van der Waals surface area contributed by atoms with E-state index in [9.17, 15) is 18.0 Å². The molecule has 5 rings (SSSR count). The van der Waals surface area contributed by atoms with E-state index >= 15 is 0 Å². The lowest BCUT2D eigenvalue weighted by Gasteiger charge is -2.34. The summed E-state index contributed by atoms with van der Waals surface area (Å²) in [5.41, 5.74) is 2.43. The van der Waals surface area contributed by atoms with E-state index in [2.05, 4.69) is 4.90 Å². The summed E-state index contributed by atoms with van der Waals surface area (Å²) in [6.45, 7) is 3.42. The molecule has 4 aromatic rings. The van der Waals surface area contributed by atoms with Gasteiger partial charge in [0.15, 0.2) is 0 Å². The van der Waals surface area contributed by atoms with Crippen LogP contribution in [-0.2, 0) is 12.7 Å². The minimum Gasteiger partial charge on any atom is -0.336 e. The van der Waals surface area contributed by atoms with Gasteiger partial charge in [0.05, 0.1) is 11.1 Å². The van der Waals surface area contributed by atoms with Gasteiger partial charge in [-0.05, 0) is 42.0 Å². The summed E-state index contributed by atoms with van der Waals surface area (Å²) in [6.07, 6.45) is -2.46. The van der Waals surface area contributed by atoms with Gasteiger partial charge in [-0.2, -0.15) is 13.2 Å². The fourth-order valence-corrected chi connectivity index (χ4v) is 4.54. The van der Waals surface area contributed by atoms with E-state index in [1.165, 1.54) is 12.1 Å². The summed E-state index contributed by atoms with van der Waals surface area (Å²) in [6, 6.07) is 22.5. The van der Waals surface area contributed by atoms with Crippen molar-refractivity contribution < 1.29 is 18.0 Å². The first-order chi connectivity index (χ1) is 16.4. The summed E-state index contributed by atoms with van der Waals surface area (Å²) in [5, 5.41) is 1.02. The number of benzene rings is 3. The second kappa shape index (κ2) is 8.99. The highest BCUT2D eigenvalue weighted by atomic mass is 19.4. The number of amides is 1. The van der Waals surface area contributed by atoms with Crippen molar-refractivity contribution in [3.63, 3.8) is 0 Å². The van der Waals surface area contributed by atoms with E-state index in [-0.39, 0.29) is 5.91 Å². The van der Waals surface area contributed by atoms with Crippen molar-refractivity contribution in [1.82, 2.24) is 14.4 Å². The van der Waals surface area contributed by atoms with Crippen molar-refractivity contribution in [2.45, 2.75) is 12.7 Å². The monoisotopic (exact) mass is 463 g/mol. The molecule has 0 atom stereocenters. The van der Waals surface area contributed by atoms with Crippen molar-refractivity contribution in [3.05, 3.63) is 102 Å². The molecule has 1 saturated heterocycles. The largest absolute Gasteiger partial charge is 0.416 e. The number of aromatic nitrogens is 1. The van der Waals surface area contributed by atoms with Gasteiger partial charge < -0.3 is 9.47 Å². The van der Waals surface area contributed by atoms with Gasteiger partial charge in [-0.15, -0.1) is 0 Å². The Hall–Kier alpha value is -3.58. The molecule has 0 unspecified atom stereocenters. The Morgan fingerprint density at radius 1 is 0.824 bits per heavy atom. The first-order valence-corrected chi connectivity index (χ1v) is 11.2. The number of rotatable bonds is 4. The van der Waals surface area contributed by atoms with Gasteiger partial charge in [-0.1, -0.05) is 42.5 Å². The molecular weight excluding hydrogens is 439 g/mol. The molecule has 2 heterocycles. The SMILES string of the molecule is O=C(c1ccccc1)N1CCN(Cc2cn(-c3cccc(C(F)(F)F)c3)c3ccccc23)CC1. The predicted octanol–water partition coefficient (Wildman–Crippen LogP) is 5.61. The highest BCUT2D eigenvalue weighted by molar-refractivity contribution is 5.94. The van der Waals surface area contributed by atoms with Crippen molar-refractivity contribution in [3.8, 4) is 5.69 Å². The van der Waals surface area contributed by atoms with E-state index in [0.717, 1.165) is 35.6 Å². The summed E-state index contributed by atoms with van der Waals surface area (Å²) in [4.78, 5) is 16.9.